The van der Waals surface area contributed by atoms with E-state index in [9.17, 15) is 14.7 Å². The number of amides is 2. The number of ether oxygens (including phenoxy) is 3. The third-order valence-electron chi connectivity index (χ3n) is 7.75. The van der Waals surface area contributed by atoms with E-state index < -0.39 is 30.2 Å². The maximum Gasteiger partial charge on any atom is 0.412 e. The molecular weight excluding hydrogens is 629 g/mol. The van der Waals surface area contributed by atoms with Crippen molar-refractivity contribution in [3.8, 4) is 22.3 Å². The van der Waals surface area contributed by atoms with E-state index in [2.05, 4.69) is 30.2 Å². The zero-order valence-electron chi connectivity index (χ0n) is 26.1. The highest BCUT2D eigenvalue weighted by Crippen LogP contribution is 2.35. The molecule has 2 N–H and O–H groups in total. The molecule has 15 heteroatoms. The number of fused-ring (bicyclic) bond motifs is 2. The van der Waals surface area contributed by atoms with Crippen LogP contribution in [0.5, 0.6) is 11.8 Å². The molecule has 0 aliphatic carbocycles. The standard InChI is InChI=1S/C32H32FN7O6S/c1-16-11-21(27-24(12-16)37-26(44-4)15-35-27)29-38-25-13-22(33)28(39-30(25)47-29)45-17(2)18(3)46-32(43)36-19-5-6-23(34-14-19)31(42)40-9-7-20(41)8-10-40/h5-6,11-15,17-18,20,41H,7-10H2,1-4H3,(H,36,43)/t17-,18+/m0/s1. The first-order valence-corrected chi connectivity index (χ1v) is 15.8. The van der Waals surface area contributed by atoms with Gasteiger partial charge in [0.05, 0.1) is 42.3 Å². The number of nitrogens with zero attached hydrogens (tertiary/aromatic N) is 6. The summed E-state index contributed by atoms with van der Waals surface area (Å²) in [5, 5.41) is 12.8. The Labute approximate surface area is 272 Å². The number of methoxy groups -OCH3 is 1. The number of aliphatic hydroxyl groups excluding tert-OH is 1. The normalized spacial score (nSPS) is 15.0. The van der Waals surface area contributed by atoms with Crippen LogP contribution in [0.1, 0.15) is 42.7 Å². The van der Waals surface area contributed by atoms with Crippen LogP contribution in [0.15, 0.2) is 42.7 Å². The number of hydrogen-bond acceptors (Lipinski definition) is 12. The van der Waals surface area contributed by atoms with Gasteiger partial charge in [-0.05, 0) is 63.4 Å². The Morgan fingerprint density at radius 3 is 2.55 bits per heavy atom. The van der Waals surface area contributed by atoms with Gasteiger partial charge in [0.15, 0.2) is 5.82 Å². The van der Waals surface area contributed by atoms with E-state index in [4.69, 9.17) is 14.2 Å². The van der Waals surface area contributed by atoms with Gasteiger partial charge in [0.2, 0.25) is 5.88 Å². The number of hydrogen-bond donors (Lipinski definition) is 2. The van der Waals surface area contributed by atoms with Crippen LogP contribution in [-0.2, 0) is 4.74 Å². The molecule has 0 spiro atoms. The largest absolute Gasteiger partial charge is 0.480 e. The van der Waals surface area contributed by atoms with Crippen molar-refractivity contribution >= 4 is 50.4 Å². The van der Waals surface area contributed by atoms with Gasteiger partial charge in [0, 0.05) is 24.7 Å². The number of rotatable bonds is 8. The first-order chi connectivity index (χ1) is 22.6. The van der Waals surface area contributed by atoms with Crippen molar-refractivity contribution in [1.29, 1.82) is 0 Å². The average Bonchev–Trinajstić information content (AvgIpc) is 3.46. The Hall–Kier alpha value is -5.02. The smallest absolute Gasteiger partial charge is 0.412 e. The predicted octanol–water partition coefficient (Wildman–Crippen LogP) is 5.15. The molecule has 4 aromatic heterocycles. The van der Waals surface area contributed by atoms with Crippen LogP contribution in [0.25, 0.3) is 32.0 Å². The third kappa shape index (κ3) is 7.05. The fourth-order valence-electron chi connectivity index (χ4n) is 5.04. The molecule has 1 aromatic carbocycles. The quantitative estimate of drug-likeness (QED) is 0.226. The first kappa shape index (κ1) is 31.9. The van der Waals surface area contributed by atoms with E-state index in [1.807, 2.05) is 19.1 Å². The topological polar surface area (TPSA) is 162 Å². The van der Waals surface area contributed by atoms with Crippen LogP contribution in [0.4, 0.5) is 14.9 Å². The molecule has 0 saturated carbocycles. The first-order valence-electron chi connectivity index (χ1n) is 14.9. The molecule has 5 heterocycles. The molecule has 244 valence electrons. The summed E-state index contributed by atoms with van der Waals surface area (Å²) in [6.07, 6.45) is 1.22. The van der Waals surface area contributed by atoms with E-state index in [0.29, 0.717) is 63.9 Å². The molecule has 47 heavy (non-hydrogen) atoms. The summed E-state index contributed by atoms with van der Waals surface area (Å²) < 4.78 is 31.5. The number of piperidine rings is 1. The molecule has 1 saturated heterocycles. The van der Waals surface area contributed by atoms with Crippen LogP contribution in [0.2, 0.25) is 0 Å². The molecule has 0 bridgehead atoms. The van der Waals surface area contributed by atoms with Gasteiger partial charge in [-0.1, -0.05) is 11.3 Å². The molecule has 6 rings (SSSR count). The maximum atomic E-state index is 15.1. The third-order valence-corrected chi connectivity index (χ3v) is 8.74. The zero-order valence-corrected chi connectivity index (χ0v) is 26.9. The summed E-state index contributed by atoms with van der Waals surface area (Å²) in [6.45, 7) is 6.10. The van der Waals surface area contributed by atoms with Crippen LogP contribution >= 0.6 is 11.3 Å². The average molecular weight is 662 g/mol. The summed E-state index contributed by atoms with van der Waals surface area (Å²) in [7, 11) is 1.52. The van der Waals surface area contributed by atoms with Crippen LogP contribution < -0.4 is 14.8 Å². The SMILES string of the molecule is COc1cnc2c(-c3nc4cc(F)c(O[C@@H](C)[C@@H](C)OC(=O)Nc5ccc(C(=O)N6CCC(O)CC6)nc5)nc4s3)cc(C)cc2n1. The highest BCUT2D eigenvalue weighted by Gasteiger charge is 2.25. The molecule has 5 aromatic rings. The van der Waals surface area contributed by atoms with Gasteiger partial charge >= 0.3 is 6.09 Å². The highest BCUT2D eigenvalue weighted by atomic mass is 32.1. The molecule has 13 nitrogen and oxygen atoms in total. The van der Waals surface area contributed by atoms with Crippen molar-refractivity contribution in [2.75, 3.05) is 25.5 Å². The van der Waals surface area contributed by atoms with E-state index in [0.717, 1.165) is 11.1 Å². The minimum atomic E-state index is -0.790. The van der Waals surface area contributed by atoms with Gasteiger partial charge in [-0.25, -0.2) is 29.1 Å². The fraction of sp³-hybridized carbons (Fsp3) is 0.344. The lowest BCUT2D eigenvalue weighted by Gasteiger charge is -2.29. The number of anilines is 1. The number of benzene rings is 1. The van der Waals surface area contributed by atoms with Crippen molar-refractivity contribution in [3.05, 3.63) is 59.8 Å². The number of nitrogens with one attached hydrogen (secondary N) is 1. The van der Waals surface area contributed by atoms with E-state index >= 15 is 4.39 Å². The molecule has 1 aliphatic rings. The Morgan fingerprint density at radius 2 is 1.83 bits per heavy atom. The minimum absolute atomic E-state index is 0.233. The van der Waals surface area contributed by atoms with Crippen molar-refractivity contribution in [3.63, 3.8) is 0 Å². The van der Waals surface area contributed by atoms with Crippen LogP contribution in [-0.4, -0.2) is 85.4 Å². The number of aromatic nitrogens is 5. The van der Waals surface area contributed by atoms with Gasteiger partial charge in [0.1, 0.15) is 33.3 Å². The van der Waals surface area contributed by atoms with Gasteiger partial charge < -0.3 is 24.2 Å². The molecule has 1 fully saturated rings. The van der Waals surface area contributed by atoms with Crippen molar-refractivity contribution in [1.82, 2.24) is 29.8 Å². The molecular formula is C32H32FN7O6S. The monoisotopic (exact) mass is 661 g/mol. The molecule has 1 aliphatic heterocycles. The Kier molecular flexibility index (Phi) is 9.09. The summed E-state index contributed by atoms with van der Waals surface area (Å²) >= 11 is 1.26. The van der Waals surface area contributed by atoms with Crippen molar-refractivity contribution < 1.29 is 33.3 Å². The number of carbonyl (C=O) groups excluding carboxylic acids is 2. The van der Waals surface area contributed by atoms with Gasteiger partial charge in [0.25, 0.3) is 11.8 Å². The number of aryl methyl sites for hydroxylation is 1. The predicted molar refractivity (Wildman–Crippen MR) is 172 cm³/mol. The number of halogens is 1. The number of carbonyl (C=O) groups is 2. The van der Waals surface area contributed by atoms with Crippen molar-refractivity contribution in [2.45, 2.75) is 51.9 Å². The van der Waals surface area contributed by atoms with E-state index in [1.165, 1.54) is 43.0 Å². The minimum Gasteiger partial charge on any atom is -0.480 e. The Morgan fingerprint density at radius 1 is 1.04 bits per heavy atom. The number of thiazole rings is 1. The maximum absolute atomic E-state index is 15.1. The lowest BCUT2D eigenvalue weighted by atomic mass is 10.1. The van der Waals surface area contributed by atoms with Gasteiger partial charge in [-0.2, -0.15) is 4.98 Å². The summed E-state index contributed by atoms with van der Waals surface area (Å²) in [5.41, 5.74) is 3.88. The number of aliphatic hydroxyl groups is 1. The Balaban J connectivity index is 1.09. The van der Waals surface area contributed by atoms with Crippen LogP contribution in [0, 0.1) is 12.7 Å². The molecule has 0 radical (unpaired) electrons. The second kappa shape index (κ2) is 13.4. The van der Waals surface area contributed by atoms with Crippen LogP contribution in [0.3, 0.4) is 0 Å². The van der Waals surface area contributed by atoms with Gasteiger partial charge in [-0.15, -0.1) is 0 Å². The summed E-state index contributed by atoms with van der Waals surface area (Å²) in [5.74, 6) is -0.803. The number of likely N-dealkylation sites (tertiary alicyclic amines) is 1. The lowest BCUT2D eigenvalue weighted by Crippen LogP contribution is -2.40. The second-order valence-electron chi connectivity index (χ2n) is 11.2. The highest BCUT2D eigenvalue weighted by molar-refractivity contribution is 7.21. The molecule has 2 amide bonds. The van der Waals surface area contributed by atoms with Gasteiger partial charge in [-0.3, -0.25) is 10.1 Å². The summed E-state index contributed by atoms with van der Waals surface area (Å²) in [4.78, 5) is 49.5. The van der Waals surface area contributed by atoms with Crippen molar-refractivity contribution in [2.24, 2.45) is 0 Å². The Bertz CT molecular complexity index is 1950. The molecule has 0 unspecified atom stereocenters. The summed E-state index contributed by atoms with van der Waals surface area (Å²) in [6, 6.07) is 8.15. The van der Waals surface area contributed by atoms with E-state index in [-0.39, 0.29) is 17.5 Å². The molecule has 2 atom stereocenters. The zero-order chi connectivity index (χ0) is 33.2. The van der Waals surface area contributed by atoms with E-state index in [1.54, 1.807) is 24.8 Å². The lowest BCUT2D eigenvalue weighted by molar-refractivity contribution is 0.0379. The second-order valence-corrected chi connectivity index (χ2v) is 12.2. The number of pyridine rings is 2. The fourth-order valence-corrected chi connectivity index (χ4v) is 5.97.